The maximum atomic E-state index is 11.2. The highest BCUT2D eigenvalue weighted by Gasteiger charge is 2.23. The third-order valence-electron chi connectivity index (χ3n) is 2.81. The molecule has 0 radical (unpaired) electrons. The summed E-state index contributed by atoms with van der Waals surface area (Å²) in [5.41, 5.74) is 1.59. The summed E-state index contributed by atoms with van der Waals surface area (Å²) in [6.45, 7) is 0.598. The molecule has 0 aliphatic carbocycles. The highest BCUT2D eigenvalue weighted by molar-refractivity contribution is 5.95. The monoisotopic (exact) mass is 233 g/mol. The van der Waals surface area contributed by atoms with Gasteiger partial charge in [-0.15, -0.1) is 0 Å². The van der Waals surface area contributed by atoms with Gasteiger partial charge in [-0.2, -0.15) is 0 Å². The number of rotatable bonds is 1. The quantitative estimate of drug-likeness (QED) is 0.655. The lowest BCUT2D eigenvalue weighted by Gasteiger charge is -2.19. The van der Waals surface area contributed by atoms with Crippen LogP contribution in [0.15, 0.2) is 18.2 Å². The van der Waals surface area contributed by atoms with Gasteiger partial charge in [0, 0.05) is 6.54 Å². The molecule has 17 heavy (non-hydrogen) atoms. The van der Waals surface area contributed by atoms with Gasteiger partial charge >= 0.3 is 6.03 Å². The predicted octanol–water partition coefficient (Wildman–Crippen LogP) is 0.371. The molecule has 3 amide bonds. The third kappa shape index (κ3) is 1.77. The summed E-state index contributed by atoms with van der Waals surface area (Å²) in [5.74, 6) is 0.494. The Hall–Kier alpha value is -2.24. The lowest BCUT2D eigenvalue weighted by atomic mass is 10.1. The number of fused-ring (bicyclic) bond motifs is 1. The molecule has 2 aliphatic rings. The number of nitrogens with one attached hydrogen (secondary N) is 3. The van der Waals surface area contributed by atoms with E-state index in [4.69, 9.17) is 4.74 Å². The maximum absolute atomic E-state index is 11.2. The van der Waals surface area contributed by atoms with Gasteiger partial charge in [0.25, 0.3) is 5.91 Å². The number of amides is 3. The number of hydrogen-bond acceptors (Lipinski definition) is 3. The number of urea groups is 1. The van der Waals surface area contributed by atoms with Crippen LogP contribution >= 0.6 is 0 Å². The van der Waals surface area contributed by atoms with E-state index in [9.17, 15) is 9.59 Å². The zero-order valence-electron chi connectivity index (χ0n) is 8.95. The molecule has 0 spiro atoms. The Morgan fingerprint density at radius 3 is 2.94 bits per heavy atom. The first-order chi connectivity index (χ1) is 8.22. The van der Waals surface area contributed by atoms with Crippen molar-refractivity contribution in [3.05, 3.63) is 23.8 Å². The van der Waals surface area contributed by atoms with Crippen molar-refractivity contribution in [2.45, 2.75) is 6.04 Å². The molecule has 1 unspecified atom stereocenters. The van der Waals surface area contributed by atoms with E-state index in [2.05, 4.69) is 16.0 Å². The fourth-order valence-electron chi connectivity index (χ4n) is 1.97. The molecule has 88 valence electrons. The van der Waals surface area contributed by atoms with Crippen LogP contribution in [0.4, 0.5) is 10.5 Å². The first kappa shape index (κ1) is 9.95. The molecule has 2 heterocycles. The summed E-state index contributed by atoms with van der Waals surface area (Å²) in [7, 11) is 0. The molecule has 1 atom stereocenters. The van der Waals surface area contributed by atoms with E-state index in [1.165, 1.54) is 0 Å². The third-order valence-corrected chi connectivity index (χ3v) is 2.81. The second-order valence-electron chi connectivity index (χ2n) is 4.00. The van der Waals surface area contributed by atoms with E-state index in [0.717, 1.165) is 5.56 Å². The Bertz CT molecular complexity index is 501. The van der Waals surface area contributed by atoms with Crippen LogP contribution in [0.5, 0.6) is 5.75 Å². The van der Waals surface area contributed by atoms with Crippen molar-refractivity contribution < 1.29 is 14.3 Å². The Labute approximate surface area is 97.3 Å². The van der Waals surface area contributed by atoms with Crippen molar-refractivity contribution in [1.29, 1.82) is 0 Å². The highest BCUT2D eigenvalue weighted by atomic mass is 16.5. The fraction of sp³-hybridized carbons (Fsp3) is 0.273. The molecular formula is C11H11N3O3. The normalized spacial score (nSPS) is 22.0. The van der Waals surface area contributed by atoms with Crippen LogP contribution in [0, 0.1) is 0 Å². The van der Waals surface area contributed by atoms with Gasteiger partial charge in [-0.1, -0.05) is 6.07 Å². The molecule has 0 saturated carbocycles. The number of carbonyl (C=O) groups excluding carboxylic acids is 2. The van der Waals surface area contributed by atoms with Gasteiger partial charge in [0.15, 0.2) is 6.61 Å². The molecule has 0 bridgehead atoms. The van der Waals surface area contributed by atoms with Crippen LogP contribution in [-0.2, 0) is 4.79 Å². The van der Waals surface area contributed by atoms with Gasteiger partial charge in [0.1, 0.15) is 5.75 Å². The molecule has 3 N–H and O–H groups in total. The Morgan fingerprint density at radius 1 is 1.29 bits per heavy atom. The summed E-state index contributed by atoms with van der Waals surface area (Å²) >= 11 is 0. The molecule has 3 rings (SSSR count). The van der Waals surface area contributed by atoms with Crippen LogP contribution in [0.3, 0.4) is 0 Å². The summed E-state index contributed by atoms with van der Waals surface area (Å²) in [4.78, 5) is 22.2. The van der Waals surface area contributed by atoms with E-state index in [1.807, 2.05) is 12.1 Å². The first-order valence-electron chi connectivity index (χ1n) is 5.33. The van der Waals surface area contributed by atoms with Gasteiger partial charge < -0.3 is 20.7 Å². The van der Waals surface area contributed by atoms with Crippen molar-refractivity contribution in [2.75, 3.05) is 18.5 Å². The van der Waals surface area contributed by atoms with E-state index in [-0.39, 0.29) is 24.6 Å². The second kappa shape index (κ2) is 3.65. The molecule has 1 aromatic carbocycles. The number of hydrogen-bond donors (Lipinski definition) is 3. The van der Waals surface area contributed by atoms with Gasteiger partial charge in [-0.25, -0.2) is 4.79 Å². The molecule has 1 aromatic rings. The van der Waals surface area contributed by atoms with Gasteiger partial charge in [-0.05, 0) is 17.7 Å². The average Bonchev–Trinajstić information content (AvgIpc) is 2.75. The average molecular weight is 233 g/mol. The smallest absolute Gasteiger partial charge is 0.315 e. The minimum absolute atomic E-state index is 0.0497. The summed E-state index contributed by atoms with van der Waals surface area (Å²) < 4.78 is 5.26. The van der Waals surface area contributed by atoms with Crippen molar-refractivity contribution in [2.24, 2.45) is 0 Å². The Balaban J connectivity index is 1.90. The molecule has 6 heteroatoms. The number of benzene rings is 1. The highest BCUT2D eigenvalue weighted by Crippen LogP contribution is 2.30. The molecule has 6 nitrogen and oxygen atoms in total. The lowest BCUT2D eigenvalue weighted by molar-refractivity contribution is -0.118. The number of ether oxygens (including phenoxy) is 1. The summed E-state index contributed by atoms with van der Waals surface area (Å²) in [6.07, 6.45) is 0. The van der Waals surface area contributed by atoms with Crippen LogP contribution in [0.25, 0.3) is 0 Å². The minimum Gasteiger partial charge on any atom is -0.482 e. The van der Waals surface area contributed by atoms with Crippen LogP contribution in [-0.4, -0.2) is 25.1 Å². The topological polar surface area (TPSA) is 79.5 Å². The second-order valence-corrected chi connectivity index (χ2v) is 4.00. The van der Waals surface area contributed by atoms with E-state index >= 15 is 0 Å². The number of anilines is 1. The molecular weight excluding hydrogens is 222 g/mol. The van der Waals surface area contributed by atoms with Crippen molar-refractivity contribution in [3.8, 4) is 5.75 Å². The largest absolute Gasteiger partial charge is 0.482 e. The number of carbonyl (C=O) groups is 2. The fourth-order valence-corrected chi connectivity index (χ4v) is 1.97. The molecule has 0 aromatic heterocycles. The van der Waals surface area contributed by atoms with Gasteiger partial charge in [-0.3, -0.25) is 4.79 Å². The zero-order chi connectivity index (χ0) is 11.8. The lowest BCUT2D eigenvalue weighted by Crippen LogP contribution is -2.26. The van der Waals surface area contributed by atoms with Crippen molar-refractivity contribution in [1.82, 2.24) is 10.6 Å². The SMILES string of the molecule is O=C1COc2ccc(C3CNC(=O)N3)cc2N1. The van der Waals surface area contributed by atoms with Crippen molar-refractivity contribution >= 4 is 17.6 Å². The van der Waals surface area contributed by atoms with Crippen LogP contribution in [0.1, 0.15) is 11.6 Å². The molecule has 2 aliphatic heterocycles. The predicted molar refractivity (Wildman–Crippen MR) is 59.8 cm³/mol. The van der Waals surface area contributed by atoms with Gasteiger partial charge in [0.05, 0.1) is 11.7 Å². The minimum atomic E-state index is -0.173. The maximum Gasteiger partial charge on any atom is 0.315 e. The molecule has 1 fully saturated rings. The zero-order valence-corrected chi connectivity index (χ0v) is 8.95. The Kier molecular flexibility index (Phi) is 2.14. The van der Waals surface area contributed by atoms with Crippen molar-refractivity contribution in [3.63, 3.8) is 0 Å². The van der Waals surface area contributed by atoms with E-state index < -0.39 is 0 Å². The summed E-state index contributed by atoms with van der Waals surface area (Å²) in [5, 5.41) is 8.21. The Morgan fingerprint density at radius 2 is 2.18 bits per heavy atom. The van der Waals surface area contributed by atoms with Crippen LogP contribution < -0.4 is 20.7 Å². The standard InChI is InChI=1S/C11H11N3O3/c15-10-5-17-9-2-1-6(3-7(9)13-10)8-4-12-11(16)14-8/h1-3,8H,4-5H2,(H,13,15)(H2,12,14,16). The molecule has 1 saturated heterocycles. The van der Waals surface area contributed by atoms with E-state index in [1.54, 1.807) is 6.07 Å². The summed E-state index contributed by atoms with van der Waals surface area (Å²) in [6, 6.07) is 5.27. The van der Waals surface area contributed by atoms with E-state index in [0.29, 0.717) is 18.0 Å². The van der Waals surface area contributed by atoms with Gasteiger partial charge in [0.2, 0.25) is 0 Å². The van der Waals surface area contributed by atoms with Crippen LogP contribution in [0.2, 0.25) is 0 Å². The first-order valence-corrected chi connectivity index (χ1v) is 5.33.